The van der Waals surface area contributed by atoms with Gasteiger partial charge in [0, 0.05) is 46.1 Å². The van der Waals surface area contributed by atoms with Crippen molar-refractivity contribution < 1.29 is 14.2 Å². The van der Waals surface area contributed by atoms with Gasteiger partial charge in [-0.25, -0.2) is 0 Å². The third-order valence-electron chi connectivity index (χ3n) is 4.63. The van der Waals surface area contributed by atoms with Crippen LogP contribution in [-0.4, -0.2) is 59.1 Å². The molecule has 1 aromatic rings. The average Bonchev–Trinajstić information content (AvgIpc) is 2.71. The summed E-state index contributed by atoms with van der Waals surface area (Å²) in [5, 5.41) is 6.68. The predicted molar refractivity (Wildman–Crippen MR) is 125 cm³/mol. The van der Waals surface area contributed by atoms with Gasteiger partial charge < -0.3 is 24.8 Å². The summed E-state index contributed by atoms with van der Waals surface area (Å²) in [6.07, 6.45) is 4.08. The van der Waals surface area contributed by atoms with E-state index in [0.717, 1.165) is 83.5 Å². The molecule has 1 aliphatic rings. The van der Waals surface area contributed by atoms with E-state index >= 15 is 0 Å². The van der Waals surface area contributed by atoms with Gasteiger partial charge in [0.25, 0.3) is 0 Å². The molecule has 6 nitrogen and oxygen atoms in total. The van der Waals surface area contributed by atoms with Crippen LogP contribution < -0.4 is 15.4 Å². The van der Waals surface area contributed by atoms with Gasteiger partial charge >= 0.3 is 0 Å². The Hall–Kier alpha value is -1.06. The number of hydrogen-bond acceptors (Lipinski definition) is 4. The summed E-state index contributed by atoms with van der Waals surface area (Å²) in [4.78, 5) is 4.63. The number of guanidine groups is 1. The van der Waals surface area contributed by atoms with Crippen LogP contribution in [0.15, 0.2) is 29.3 Å². The van der Waals surface area contributed by atoms with Gasteiger partial charge in [-0.1, -0.05) is 18.2 Å². The normalized spacial score (nSPS) is 15.0. The fraction of sp³-hybridized carbons (Fsp3) is 0.667. The third-order valence-corrected chi connectivity index (χ3v) is 4.63. The minimum Gasteiger partial charge on any atom is -0.496 e. The molecule has 0 saturated carbocycles. The first kappa shape index (κ1) is 25.0. The maximum Gasteiger partial charge on any atom is 0.191 e. The quantitative estimate of drug-likeness (QED) is 0.209. The summed E-state index contributed by atoms with van der Waals surface area (Å²) in [5.74, 6) is 2.45. The van der Waals surface area contributed by atoms with Gasteiger partial charge in [0.15, 0.2) is 5.96 Å². The summed E-state index contributed by atoms with van der Waals surface area (Å²) in [5.41, 5.74) is 1.20. The van der Waals surface area contributed by atoms with E-state index in [1.165, 1.54) is 5.56 Å². The van der Waals surface area contributed by atoms with Crippen molar-refractivity contribution >= 4 is 29.9 Å². The topological polar surface area (TPSA) is 64.1 Å². The van der Waals surface area contributed by atoms with Gasteiger partial charge in [-0.05, 0) is 50.2 Å². The van der Waals surface area contributed by atoms with Crippen LogP contribution in [0.5, 0.6) is 5.75 Å². The van der Waals surface area contributed by atoms with E-state index in [9.17, 15) is 0 Å². The van der Waals surface area contributed by atoms with Crippen LogP contribution in [-0.2, 0) is 15.9 Å². The molecule has 28 heavy (non-hydrogen) atoms. The van der Waals surface area contributed by atoms with Gasteiger partial charge in [0.05, 0.1) is 7.11 Å². The number of nitrogens with one attached hydrogen (secondary N) is 2. The number of methoxy groups -OCH3 is 1. The lowest BCUT2D eigenvalue weighted by atomic mass is 10.0. The fourth-order valence-electron chi connectivity index (χ4n) is 3.09. The van der Waals surface area contributed by atoms with Crippen molar-refractivity contribution in [3.63, 3.8) is 0 Å². The number of hydrogen-bond donors (Lipinski definition) is 2. The molecule has 7 heteroatoms. The highest BCUT2D eigenvalue weighted by molar-refractivity contribution is 14.0. The minimum atomic E-state index is 0. The molecule has 1 aliphatic heterocycles. The number of ether oxygens (including phenoxy) is 3. The van der Waals surface area contributed by atoms with Crippen molar-refractivity contribution in [3.8, 4) is 5.75 Å². The Morgan fingerprint density at radius 3 is 2.75 bits per heavy atom. The summed E-state index contributed by atoms with van der Waals surface area (Å²) >= 11 is 0. The van der Waals surface area contributed by atoms with Crippen LogP contribution in [0.2, 0.25) is 0 Å². The standard InChI is InChI=1S/C21H35N3O3.HI/c1-3-22-21(24-13-9-19-7-4-5-8-20(19)25-2)23-12-6-14-27-17-18-10-15-26-16-11-18;/h4-5,7-8,18H,3,6,9-17H2,1-2H3,(H2,22,23,24);1H. The lowest BCUT2D eigenvalue weighted by molar-refractivity contribution is 0.0205. The van der Waals surface area contributed by atoms with Crippen molar-refractivity contribution in [1.82, 2.24) is 10.6 Å². The minimum absolute atomic E-state index is 0. The van der Waals surface area contributed by atoms with E-state index < -0.39 is 0 Å². The second kappa shape index (κ2) is 15.8. The zero-order valence-electron chi connectivity index (χ0n) is 17.2. The summed E-state index contributed by atoms with van der Waals surface area (Å²) in [6, 6.07) is 8.12. The second-order valence-electron chi connectivity index (χ2n) is 6.73. The monoisotopic (exact) mass is 505 g/mol. The Kier molecular flexibility index (Phi) is 14.1. The first-order valence-electron chi connectivity index (χ1n) is 10.1. The zero-order valence-corrected chi connectivity index (χ0v) is 19.6. The highest BCUT2D eigenvalue weighted by atomic mass is 127. The molecule has 0 aromatic heterocycles. The van der Waals surface area contributed by atoms with E-state index in [4.69, 9.17) is 14.2 Å². The molecule has 0 spiro atoms. The summed E-state index contributed by atoms with van der Waals surface area (Å²) < 4.78 is 16.6. The number of nitrogens with zero attached hydrogens (tertiary/aromatic N) is 1. The Morgan fingerprint density at radius 2 is 2.00 bits per heavy atom. The molecule has 0 bridgehead atoms. The molecule has 160 valence electrons. The molecule has 1 aromatic carbocycles. The van der Waals surface area contributed by atoms with Crippen LogP contribution in [0.4, 0.5) is 0 Å². The highest BCUT2D eigenvalue weighted by Crippen LogP contribution is 2.17. The van der Waals surface area contributed by atoms with Gasteiger partial charge in [0.2, 0.25) is 0 Å². The van der Waals surface area contributed by atoms with E-state index in [1.54, 1.807) is 7.11 Å². The van der Waals surface area contributed by atoms with Gasteiger partial charge in [-0.3, -0.25) is 4.99 Å². The molecular weight excluding hydrogens is 469 g/mol. The molecule has 2 rings (SSSR count). The highest BCUT2D eigenvalue weighted by Gasteiger charge is 2.13. The van der Waals surface area contributed by atoms with Gasteiger partial charge in [-0.2, -0.15) is 0 Å². The second-order valence-corrected chi connectivity index (χ2v) is 6.73. The van der Waals surface area contributed by atoms with Crippen LogP contribution in [0.1, 0.15) is 31.7 Å². The third kappa shape index (κ3) is 9.93. The molecule has 1 heterocycles. The molecule has 0 amide bonds. The lowest BCUT2D eigenvalue weighted by Gasteiger charge is -2.21. The van der Waals surface area contributed by atoms with Gasteiger partial charge in [0.1, 0.15) is 5.75 Å². The van der Waals surface area contributed by atoms with Crippen molar-refractivity contribution in [2.24, 2.45) is 10.9 Å². The SMILES string of the molecule is CCNC(=NCCCOCC1CCOCC1)NCCc1ccccc1OC.I. The zero-order chi connectivity index (χ0) is 19.2. The molecular formula is C21H36IN3O3. The number of para-hydroxylation sites is 1. The van der Waals surface area contributed by atoms with Crippen molar-refractivity contribution in [2.75, 3.05) is 53.2 Å². The van der Waals surface area contributed by atoms with Crippen molar-refractivity contribution in [1.29, 1.82) is 0 Å². The van der Waals surface area contributed by atoms with Crippen LogP contribution in [0.25, 0.3) is 0 Å². The fourth-order valence-corrected chi connectivity index (χ4v) is 3.09. The number of halogens is 1. The van der Waals surface area contributed by atoms with Crippen LogP contribution in [0, 0.1) is 5.92 Å². The van der Waals surface area contributed by atoms with Crippen molar-refractivity contribution in [3.05, 3.63) is 29.8 Å². The lowest BCUT2D eigenvalue weighted by Crippen LogP contribution is -2.38. The van der Waals surface area contributed by atoms with E-state index in [-0.39, 0.29) is 24.0 Å². The smallest absolute Gasteiger partial charge is 0.191 e. The number of benzene rings is 1. The van der Waals surface area contributed by atoms with E-state index in [1.807, 2.05) is 18.2 Å². The maximum absolute atomic E-state index is 5.80. The van der Waals surface area contributed by atoms with Gasteiger partial charge in [-0.15, -0.1) is 24.0 Å². The summed E-state index contributed by atoms with van der Waals surface area (Å²) in [7, 11) is 1.71. The predicted octanol–water partition coefficient (Wildman–Crippen LogP) is 3.24. The summed E-state index contributed by atoms with van der Waals surface area (Å²) in [6.45, 7) is 7.88. The Labute approximate surface area is 186 Å². The van der Waals surface area contributed by atoms with Crippen LogP contribution >= 0.6 is 24.0 Å². The molecule has 0 unspecified atom stereocenters. The molecule has 0 atom stereocenters. The Bertz CT molecular complexity index is 551. The maximum atomic E-state index is 5.80. The molecule has 0 radical (unpaired) electrons. The number of rotatable bonds is 11. The number of aliphatic imine (C=N–C) groups is 1. The van der Waals surface area contributed by atoms with Crippen LogP contribution in [0.3, 0.4) is 0 Å². The molecule has 1 saturated heterocycles. The van der Waals surface area contributed by atoms with E-state index in [2.05, 4.69) is 28.6 Å². The largest absolute Gasteiger partial charge is 0.496 e. The molecule has 0 aliphatic carbocycles. The Balaban J connectivity index is 0.00000392. The average molecular weight is 505 g/mol. The van der Waals surface area contributed by atoms with E-state index in [0.29, 0.717) is 5.92 Å². The molecule has 2 N–H and O–H groups in total. The van der Waals surface area contributed by atoms with Crippen molar-refractivity contribution in [2.45, 2.75) is 32.6 Å². The first-order chi connectivity index (χ1) is 13.3. The Morgan fingerprint density at radius 1 is 1.21 bits per heavy atom. The first-order valence-corrected chi connectivity index (χ1v) is 10.1. The molecule has 1 fully saturated rings.